The summed E-state index contributed by atoms with van der Waals surface area (Å²) in [6.07, 6.45) is -3.77. The van der Waals surface area contributed by atoms with Gasteiger partial charge in [0.25, 0.3) is 5.91 Å². The average molecular weight is 421 g/mol. The van der Waals surface area contributed by atoms with Crippen molar-refractivity contribution in [3.63, 3.8) is 0 Å². The van der Waals surface area contributed by atoms with E-state index in [4.69, 9.17) is 4.52 Å². The van der Waals surface area contributed by atoms with Crippen molar-refractivity contribution >= 4 is 5.91 Å². The Hall–Kier alpha value is -3.23. The van der Waals surface area contributed by atoms with Gasteiger partial charge >= 0.3 is 6.18 Å². The summed E-state index contributed by atoms with van der Waals surface area (Å²) in [5.41, 5.74) is -0.294. The number of aromatic nitrogens is 2. The molecule has 1 aromatic heterocycles. The molecule has 3 aromatic rings. The summed E-state index contributed by atoms with van der Waals surface area (Å²) in [5, 5.41) is 6.60. The summed E-state index contributed by atoms with van der Waals surface area (Å²) < 4.78 is 56.9. The Labute approximate surface area is 170 Å². The predicted octanol–water partition coefficient (Wildman–Crippen LogP) is 5.41. The SMILES string of the molecule is CC[C@H](C)[C@@H](NC(=O)c1cccc(F)c1)c1nc(-c2ccc(C(F)(F)F)cc2)no1. The van der Waals surface area contributed by atoms with Gasteiger partial charge in [-0.25, -0.2) is 4.39 Å². The third-order valence-electron chi connectivity index (χ3n) is 4.76. The van der Waals surface area contributed by atoms with Gasteiger partial charge in [0.05, 0.1) is 5.56 Å². The van der Waals surface area contributed by atoms with Crippen LogP contribution >= 0.6 is 0 Å². The Morgan fingerprint density at radius 2 is 1.87 bits per heavy atom. The molecule has 30 heavy (non-hydrogen) atoms. The molecule has 0 bridgehead atoms. The summed E-state index contributed by atoms with van der Waals surface area (Å²) in [7, 11) is 0. The molecular weight excluding hydrogens is 402 g/mol. The van der Waals surface area contributed by atoms with Crippen molar-refractivity contribution in [2.75, 3.05) is 0 Å². The largest absolute Gasteiger partial charge is 0.416 e. The lowest BCUT2D eigenvalue weighted by molar-refractivity contribution is -0.137. The summed E-state index contributed by atoms with van der Waals surface area (Å²) in [6, 6.07) is 8.98. The van der Waals surface area contributed by atoms with Crippen molar-refractivity contribution < 1.29 is 26.9 Å². The highest BCUT2D eigenvalue weighted by Crippen LogP contribution is 2.31. The molecule has 3 rings (SSSR count). The lowest BCUT2D eigenvalue weighted by Gasteiger charge is -2.20. The van der Waals surface area contributed by atoms with E-state index >= 15 is 0 Å². The highest BCUT2D eigenvalue weighted by atomic mass is 19.4. The number of carbonyl (C=O) groups excluding carboxylic acids is 1. The van der Waals surface area contributed by atoms with Gasteiger partial charge in [-0.05, 0) is 36.2 Å². The lowest BCUT2D eigenvalue weighted by Crippen LogP contribution is -2.32. The van der Waals surface area contributed by atoms with Crippen LogP contribution in [0.25, 0.3) is 11.4 Å². The maximum absolute atomic E-state index is 13.4. The van der Waals surface area contributed by atoms with Crippen molar-refractivity contribution in [1.29, 1.82) is 0 Å². The first-order valence-corrected chi connectivity index (χ1v) is 9.26. The maximum Gasteiger partial charge on any atom is 0.416 e. The van der Waals surface area contributed by atoms with E-state index in [1.54, 1.807) is 0 Å². The van der Waals surface area contributed by atoms with Gasteiger partial charge in [0.2, 0.25) is 11.7 Å². The number of carbonyl (C=O) groups is 1. The molecule has 0 fully saturated rings. The zero-order valence-corrected chi connectivity index (χ0v) is 16.2. The van der Waals surface area contributed by atoms with E-state index in [0.717, 1.165) is 18.2 Å². The molecule has 0 saturated carbocycles. The Balaban J connectivity index is 1.84. The van der Waals surface area contributed by atoms with Crippen LogP contribution in [0, 0.1) is 11.7 Å². The minimum atomic E-state index is -4.44. The summed E-state index contributed by atoms with van der Waals surface area (Å²) >= 11 is 0. The van der Waals surface area contributed by atoms with Crippen LogP contribution < -0.4 is 5.32 Å². The van der Waals surface area contributed by atoms with Gasteiger partial charge < -0.3 is 9.84 Å². The van der Waals surface area contributed by atoms with E-state index in [1.807, 2.05) is 13.8 Å². The number of alkyl halides is 3. The van der Waals surface area contributed by atoms with E-state index < -0.39 is 29.5 Å². The zero-order valence-electron chi connectivity index (χ0n) is 16.2. The Kier molecular flexibility index (Phi) is 6.19. The molecule has 0 aliphatic carbocycles. The second-order valence-corrected chi connectivity index (χ2v) is 6.88. The number of benzene rings is 2. The molecular formula is C21H19F4N3O2. The van der Waals surface area contributed by atoms with Crippen LogP contribution in [0.3, 0.4) is 0 Å². The van der Waals surface area contributed by atoms with Crippen LogP contribution in [0.5, 0.6) is 0 Å². The van der Waals surface area contributed by atoms with Crippen LogP contribution in [-0.4, -0.2) is 16.0 Å². The molecule has 158 valence electrons. The number of nitrogens with one attached hydrogen (secondary N) is 1. The molecule has 1 N–H and O–H groups in total. The van der Waals surface area contributed by atoms with Crippen molar-refractivity contribution in [2.45, 2.75) is 32.5 Å². The molecule has 0 aliphatic rings. The predicted molar refractivity (Wildman–Crippen MR) is 101 cm³/mol. The standard InChI is InChI=1S/C21H19F4N3O2/c1-3-12(2)17(26-19(29)14-5-4-6-16(22)11-14)20-27-18(28-30-20)13-7-9-15(10-8-13)21(23,24)25/h4-12,17H,3H2,1-2H3,(H,26,29)/t12-,17+/m0/s1. The second kappa shape index (κ2) is 8.64. The molecule has 1 heterocycles. The van der Waals surface area contributed by atoms with E-state index in [1.165, 1.54) is 30.3 Å². The lowest BCUT2D eigenvalue weighted by atomic mass is 9.98. The molecule has 1 amide bonds. The van der Waals surface area contributed by atoms with Gasteiger partial charge in [-0.2, -0.15) is 18.2 Å². The molecule has 0 saturated heterocycles. The molecule has 0 aliphatic heterocycles. The number of hydrogen-bond donors (Lipinski definition) is 1. The summed E-state index contributed by atoms with van der Waals surface area (Å²) in [6.45, 7) is 3.79. The molecule has 0 unspecified atom stereocenters. The van der Waals surface area contributed by atoms with Gasteiger partial charge in [0.1, 0.15) is 11.9 Å². The second-order valence-electron chi connectivity index (χ2n) is 6.88. The van der Waals surface area contributed by atoms with Crippen molar-refractivity contribution in [1.82, 2.24) is 15.5 Å². The van der Waals surface area contributed by atoms with Crippen LogP contribution in [0.4, 0.5) is 17.6 Å². The first kappa shape index (κ1) is 21.5. The number of amides is 1. The van der Waals surface area contributed by atoms with Crippen LogP contribution in [0.1, 0.15) is 48.1 Å². The third kappa shape index (κ3) is 4.84. The van der Waals surface area contributed by atoms with Crippen LogP contribution in [-0.2, 0) is 6.18 Å². The number of halogens is 4. The van der Waals surface area contributed by atoms with Gasteiger partial charge in [0.15, 0.2) is 0 Å². The first-order chi connectivity index (χ1) is 14.2. The normalized spacial score (nSPS) is 13.7. The van der Waals surface area contributed by atoms with Crippen LogP contribution in [0.2, 0.25) is 0 Å². The van der Waals surface area contributed by atoms with Gasteiger partial charge in [-0.1, -0.05) is 43.6 Å². The third-order valence-corrected chi connectivity index (χ3v) is 4.76. The molecule has 0 radical (unpaired) electrons. The molecule has 5 nitrogen and oxygen atoms in total. The smallest absolute Gasteiger partial charge is 0.340 e. The maximum atomic E-state index is 13.4. The highest BCUT2D eigenvalue weighted by molar-refractivity contribution is 5.94. The minimum absolute atomic E-state index is 0.0941. The van der Waals surface area contributed by atoms with Gasteiger partial charge in [-0.3, -0.25) is 4.79 Å². The Morgan fingerprint density at radius 1 is 1.17 bits per heavy atom. The Bertz CT molecular complexity index is 1020. The monoisotopic (exact) mass is 421 g/mol. The molecule has 2 aromatic carbocycles. The average Bonchev–Trinajstić information content (AvgIpc) is 3.20. The number of nitrogens with zero attached hydrogens (tertiary/aromatic N) is 2. The number of hydrogen-bond acceptors (Lipinski definition) is 4. The van der Waals surface area contributed by atoms with E-state index in [-0.39, 0.29) is 23.2 Å². The first-order valence-electron chi connectivity index (χ1n) is 9.26. The quantitative estimate of drug-likeness (QED) is 0.541. The molecule has 0 spiro atoms. The molecule has 2 atom stereocenters. The van der Waals surface area contributed by atoms with Crippen molar-refractivity contribution in [3.05, 3.63) is 71.4 Å². The summed E-state index contributed by atoms with van der Waals surface area (Å²) in [4.78, 5) is 16.8. The summed E-state index contributed by atoms with van der Waals surface area (Å²) in [5.74, 6) is -0.918. The minimum Gasteiger partial charge on any atom is -0.340 e. The fraction of sp³-hybridized carbons (Fsp3) is 0.286. The number of rotatable bonds is 6. The topological polar surface area (TPSA) is 68.0 Å². The van der Waals surface area contributed by atoms with E-state index in [2.05, 4.69) is 15.5 Å². The van der Waals surface area contributed by atoms with E-state index in [9.17, 15) is 22.4 Å². The van der Waals surface area contributed by atoms with Crippen molar-refractivity contribution in [2.24, 2.45) is 5.92 Å². The molecule has 9 heteroatoms. The van der Waals surface area contributed by atoms with Crippen molar-refractivity contribution in [3.8, 4) is 11.4 Å². The van der Waals surface area contributed by atoms with E-state index in [0.29, 0.717) is 12.0 Å². The Morgan fingerprint density at radius 3 is 2.47 bits per heavy atom. The zero-order chi connectivity index (χ0) is 21.9. The highest BCUT2D eigenvalue weighted by Gasteiger charge is 2.31. The van der Waals surface area contributed by atoms with Gasteiger partial charge in [-0.15, -0.1) is 0 Å². The fourth-order valence-corrected chi connectivity index (χ4v) is 2.82. The van der Waals surface area contributed by atoms with Crippen LogP contribution in [0.15, 0.2) is 53.1 Å². The van der Waals surface area contributed by atoms with Gasteiger partial charge in [0, 0.05) is 11.1 Å². The fourth-order valence-electron chi connectivity index (χ4n) is 2.82.